The number of hydrogen-bond donors (Lipinski definition) is 1. The smallest absolute Gasteiger partial charge is 0.346 e. The Kier molecular flexibility index (Phi) is 7.58. The van der Waals surface area contributed by atoms with E-state index in [-0.39, 0.29) is 29.4 Å². The van der Waals surface area contributed by atoms with Crippen molar-refractivity contribution in [3.8, 4) is 29.1 Å². The van der Waals surface area contributed by atoms with Crippen LogP contribution in [-0.2, 0) is 6.61 Å². The summed E-state index contributed by atoms with van der Waals surface area (Å²) in [5.41, 5.74) is 8.27. The second kappa shape index (κ2) is 11.4. The van der Waals surface area contributed by atoms with Crippen molar-refractivity contribution >= 4 is 17.6 Å². The van der Waals surface area contributed by atoms with E-state index in [4.69, 9.17) is 36.3 Å². The molecule has 1 unspecified atom stereocenters. The van der Waals surface area contributed by atoms with Gasteiger partial charge >= 0.3 is 5.97 Å². The maximum absolute atomic E-state index is 14.0. The molecule has 5 rings (SSSR count). The number of methoxy groups -OCH3 is 1. The molecule has 1 aliphatic rings. The molecule has 4 aromatic rings. The zero-order chi connectivity index (χ0) is 28.2. The van der Waals surface area contributed by atoms with E-state index in [1.807, 2.05) is 18.2 Å². The van der Waals surface area contributed by atoms with Gasteiger partial charge in [0.2, 0.25) is 5.88 Å². The minimum Gasteiger partial charge on any atom is -0.493 e. The van der Waals surface area contributed by atoms with Crippen molar-refractivity contribution < 1.29 is 28.1 Å². The highest BCUT2D eigenvalue weighted by molar-refractivity contribution is 6.31. The molecule has 0 saturated carbocycles. The summed E-state index contributed by atoms with van der Waals surface area (Å²) in [7, 11) is 1.52. The molecule has 0 aliphatic carbocycles. The minimum absolute atomic E-state index is 0.0874. The van der Waals surface area contributed by atoms with Gasteiger partial charge in [0.25, 0.3) is 0 Å². The van der Waals surface area contributed by atoms with Crippen LogP contribution in [0.25, 0.3) is 0 Å². The van der Waals surface area contributed by atoms with Gasteiger partial charge in [-0.1, -0.05) is 54.1 Å². The number of allylic oxidation sites excluding steroid dienone is 1. The van der Waals surface area contributed by atoms with Crippen molar-refractivity contribution in [2.24, 2.45) is 5.73 Å². The molecular formula is C31H22ClFN2O5. The van der Waals surface area contributed by atoms with E-state index in [0.29, 0.717) is 33.4 Å². The number of nitrogens with two attached hydrogens (primary N) is 1. The Balaban J connectivity index is 1.45. The Morgan fingerprint density at radius 3 is 2.58 bits per heavy atom. The third-order valence-electron chi connectivity index (χ3n) is 6.36. The molecule has 2 N–H and O–H groups in total. The molecule has 0 amide bonds. The predicted octanol–water partition coefficient (Wildman–Crippen LogP) is 6.50. The van der Waals surface area contributed by atoms with E-state index in [1.54, 1.807) is 36.4 Å². The number of esters is 1. The van der Waals surface area contributed by atoms with E-state index in [2.05, 4.69) is 6.07 Å². The van der Waals surface area contributed by atoms with Crippen molar-refractivity contribution in [3.05, 3.63) is 129 Å². The second-order valence-electron chi connectivity index (χ2n) is 8.78. The number of carbonyl (C=O) groups is 1. The first kappa shape index (κ1) is 26.6. The summed E-state index contributed by atoms with van der Waals surface area (Å²) in [5, 5.41) is 10.5. The van der Waals surface area contributed by atoms with Gasteiger partial charge in [-0.05, 0) is 42.0 Å². The SMILES string of the molecule is COc1cc(C2C(C#N)=C(N)Oc3cc(OC(=O)c4ccccc4F)ccc32)ccc1OCc1ccccc1Cl. The Hall–Kier alpha value is -5.00. The highest BCUT2D eigenvalue weighted by Crippen LogP contribution is 2.45. The lowest BCUT2D eigenvalue weighted by Crippen LogP contribution is -2.21. The third-order valence-corrected chi connectivity index (χ3v) is 6.73. The lowest BCUT2D eigenvalue weighted by Gasteiger charge is -2.27. The van der Waals surface area contributed by atoms with Gasteiger partial charge in [-0.3, -0.25) is 0 Å². The van der Waals surface area contributed by atoms with Gasteiger partial charge in [0.15, 0.2) is 11.5 Å². The number of fused-ring (bicyclic) bond motifs is 1. The fraction of sp³-hybridized carbons (Fsp3) is 0.0968. The van der Waals surface area contributed by atoms with Crippen LogP contribution in [0.15, 0.2) is 96.4 Å². The third kappa shape index (κ3) is 5.28. The highest BCUT2D eigenvalue weighted by Gasteiger charge is 2.32. The van der Waals surface area contributed by atoms with Crippen LogP contribution in [0.3, 0.4) is 0 Å². The fourth-order valence-electron chi connectivity index (χ4n) is 4.38. The molecule has 0 spiro atoms. The van der Waals surface area contributed by atoms with Crippen molar-refractivity contribution in [2.45, 2.75) is 12.5 Å². The van der Waals surface area contributed by atoms with Crippen LogP contribution in [0.4, 0.5) is 4.39 Å². The number of benzene rings is 4. The molecule has 1 heterocycles. The Morgan fingerprint density at radius 2 is 1.82 bits per heavy atom. The maximum Gasteiger partial charge on any atom is 0.346 e. The average Bonchev–Trinajstić information content (AvgIpc) is 2.96. The highest BCUT2D eigenvalue weighted by atomic mass is 35.5. The summed E-state index contributed by atoms with van der Waals surface area (Å²) in [4.78, 5) is 12.5. The van der Waals surface area contributed by atoms with E-state index in [9.17, 15) is 14.4 Å². The van der Waals surface area contributed by atoms with E-state index in [1.165, 1.54) is 37.4 Å². The Labute approximate surface area is 234 Å². The molecule has 7 nitrogen and oxygen atoms in total. The van der Waals surface area contributed by atoms with Gasteiger partial charge in [0.05, 0.1) is 18.6 Å². The summed E-state index contributed by atoms with van der Waals surface area (Å²) >= 11 is 6.25. The Morgan fingerprint density at radius 1 is 1.05 bits per heavy atom. The normalized spacial score (nSPS) is 14.0. The molecule has 1 aliphatic heterocycles. The van der Waals surface area contributed by atoms with E-state index in [0.717, 1.165) is 5.56 Å². The number of halogens is 2. The first-order valence-corrected chi connectivity index (χ1v) is 12.5. The molecule has 0 radical (unpaired) electrons. The van der Waals surface area contributed by atoms with Crippen LogP contribution in [0, 0.1) is 17.1 Å². The number of nitrogens with zero attached hydrogens (tertiary/aromatic N) is 1. The lowest BCUT2D eigenvalue weighted by atomic mass is 9.83. The zero-order valence-electron chi connectivity index (χ0n) is 21.2. The number of hydrogen-bond acceptors (Lipinski definition) is 7. The molecule has 200 valence electrons. The quantitative estimate of drug-likeness (QED) is 0.204. The lowest BCUT2D eigenvalue weighted by molar-refractivity contribution is 0.0729. The molecule has 0 saturated heterocycles. The van der Waals surface area contributed by atoms with Gasteiger partial charge in [0, 0.05) is 22.2 Å². The summed E-state index contributed by atoms with van der Waals surface area (Å²) in [5.74, 6) is -0.886. The van der Waals surface area contributed by atoms with Crippen LogP contribution < -0.4 is 24.7 Å². The summed E-state index contributed by atoms with van der Waals surface area (Å²) in [6.07, 6.45) is 0. The maximum atomic E-state index is 14.0. The zero-order valence-corrected chi connectivity index (χ0v) is 21.9. The van der Waals surface area contributed by atoms with Gasteiger partial charge in [-0.15, -0.1) is 0 Å². The van der Waals surface area contributed by atoms with E-state index >= 15 is 0 Å². The van der Waals surface area contributed by atoms with Gasteiger partial charge < -0.3 is 24.7 Å². The standard InChI is InChI=1S/C31H22ClFN2O5/c1-37-28-14-18(10-13-26(28)38-17-19-6-2-4-8-24(19)32)29-22-12-11-20(15-27(22)40-30(35)23(29)16-34)39-31(36)21-7-3-5-9-25(21)33/h2-15,29H,17,35H2,1H3. The molecule has 0 bridgehead atoms. The molecule has 0 aromatic heterocycles. The van der Waals surface area contributed by atoms with Crippen LogP contribution in [0.2, 0.25) is 5.02 Å². The minimum atomic E-state index is -0.858. The molecule has 9 heteroatoms. The number of rotatable bonds is 7. The first-order chi connectivity index (χ1) is 19.4. The van der Waals surface area contributed by atoms with E-state index < -0.39 is 17.7 Å². The van der Waals surface area contributed by atoms with Gasteiger partial charge in [-0.25, -0.2) is 9.18 Å². The van der Waals surface area contributed by atoms with Crippen LogP contribution in [-0.4, -0.2) is 13.1 Å². The molecule has 1 atom stereocenters. The number of carbonyl (C=O) groups excluding carboxylic acids is 1. The number of ether oxygens (including phenoxy) is 4. The van der Waals surface area contributed by atoms with Crippen molar-refractivity contribution in [3.63, 3.8) is 0 Å². The van der Waals surface area contributed by atoms with Crippen molar-refractivity contribution in [1.82, 2.24) is 0 Å². The second-order valence-corrected chi connectivity index (χ2v) is 9.19. The Bertz CT molecular complexity index is 1680. The largest absolute Gasteiger partial charge is 0.493 e. The predicted molar refractivity (Wildman–Crippen MR) is 146 cm³/mol. The fourth-order valence-corrected chi connectivity index (χ4v) is 4.58. The van der Waals surface area contributed by atoms with Crippen LogP contribution in [0.5, 0.6) is 23.0 Å². The molecular weight excluding hydrogens is 535 g/mol. The molecule has 4 aromatic carbocycles. The molecule has 40 heavy (non-hydrogen) atoms. The first-order valence-electron chi connectivity index (χ1n) is 12.1. The van der Waals surface area contributed by atoms with Crippen LogP contribution >= 0.6 is 11.6 Å². The summed E-state index contributed by atoms with van der Waals surface area (Å²) < 4.78 is 36.7. The topological polar surface area (TPSA) is 104 Å². The summed E-state index contributed by atoms with van der Waals surface area (Å²) in [6.45, 7) is 0.236. The van der Waals surface area contributed by atoms with Crippen molar-refractivity contribution in [2.75, 3.05) is 7.11 Å². The van der Waals surface area contributed by atoms with Crippen LogP contribution in [0.1, 0.15) is 33.0 Å². The van der Waals surface area contributed by atoms with Gasteiger partial charge in [-0.2, -0.15) is 5.26 Å². The average molecular weight is 557 g/mol. The molecule has 0 fully saturated rings. The monoisotopic (exact) mass is 556 g/mol. The summed E-state index contributed by atoms with van der Waals surface area (Å²) in [6, 6.07) is 25.0. The van der Waals surface area contributed by atoms with Crippen molar-refractivity contribution in [1.29, 1.82) is 5.26 Å². The number of nitriles is 1. The van der Waals surface area contributed by atoms with Gasteiger partial charge in [0.1, 0.15) is 35.6 Å².